The molecule has 0 bridgehead atoms. The second-order valence-corrected chi connectivity index (χ2v) is 7.54. The summed E-state index contributed by atoms with van der Waals surface area (Å²) in [5.74, 6) is -1.44. The van der Waals surface area contributed by atoms with Crippen LogP contribution in [0.2, 0.25) is 0 Å². The van der Waals surface area contributed by atoms with Gasteiger partial charge in [-0.25, -0.2) is 9.18 Å². The van der Waals surface area contributed by atoms with Crippen molar-refractivity contribution < 1.29 is 18.7 Å². The first-order chi connectivity index (χ1) is 14.1. The highest BCUT2D eigenvalue weighted by molar-refractivity contribution is 6.01. The van der Waals surface area contributed by atoms with Crippen LogP contribution in [0.5, 0.6) is 0 Å². The van der Waals surface area contributed by atoms with Gasteiger partial charge in [-0.05, 0) is 68.7 Å². The minimum atomic E-state index is -1.13. The van der Waals surface area contributed by atoms with Gasteiger partial charge in [-0.2, -0.15) is 5.26 Å². The number of hydrogen-bond acceptors (Lipinski definition) is 4. The molecule has 1 aromatic heterocycles. The Balaban J connectivity index is 2.11. The molecule has 0 aliphatic heterocycles. The fraction of sp³-hybridized carbons (Fsp3) is 0.348. The Morgan fingerprint density at radius 3 is 2.43 bits per heavy atom. The van der Waals surface area contributed by atoms with Crippen molar-refractivity contribution in [1.29, 1.82) is 5.26 Å². The lowest BCUT2D eigenvalue weighted by molar-refractivity contribution is -0.148. The molecule has 1 heterocycles. The smallest absolute Gasteiger partial charge is 0.349 e. The summed E-state index contributed by atoms with van der Waals surface area (Å²) in [6.45, 7) is 10.4. The van der Waals surface area contributed by atoms with Crippen molar-refractivity contribution in [2.45, 2.75) is 47.3 Å². The summed E-state index contributed by atoms with van der Waals surface area (Å²) < 4.78 is 20.2. The average Bonchev–Trinajstić information content (AvgIpc) is 2.94. The molecule has 0 aliphatic carbocycles. The number of ether oxygens (including phenoxy) is 1. The molecule has 0 unspecified atom stereocenters. The second kappa shape index (κ2) is 9.88. The number of aromatic nitrogens is 1. The zero-order valence-electron chi connectivity index (χ0n) is 17.8. The Hall–Kier alpha value is -3.40. The first kappa shape index (κ1) is 22.9. The number of carbonyl (C=O) groups excluding carboxylic acids is 2. The van der Waals surface area contributed by atoms with Gasteiger partial charge >= 0.3 is 5.97 Å². The average molecular weight is 411 g/mol. The van der Waals surface area contributed by atoms with E-state index in [0.29, 0.717) is 11.6 Å². The molecule has 1 amide bonds. The van der Waals surface area contributed by atoms with E-state index in [4.69, 9.17) is 4.74 Å². The minimum Gasteiger partial charge on any atom is -0.448 e. The largest absolute Gasteiger partial charge is 0.448 e. The maximum Gasteiger partial charge on any atom is 0.349 e. The highest BCUT2D eigenvalue weighted by atomic mass is 19.1. The summed E-state index contributed by atoms with van der Waals surface area (Å²) in [7, 11) is 0. The third-order valence-corrected chi connectivity index (χ3v) is 4.57. The van der Waals surface area contributed by atoms with Gasteiger partial charge in [0, 0.05) is 23.6 Å². The van der Waals surface area contributed by atoms with Crippen LogP contribution in [0.15, 0.2) is 35.9 Å². The lowest BCUT2D eigenvalue weighted by atomic mass is 10.1. The topological polar surface area (TPSA) is 84.1 Å². The highest BCUT2D eigenvalue weighted by Gasteiger charge is 2.21. The molecule has 1 atom stereocenters. The van der Waals surface area contributed by atoms with E-state index in [9.17, 15) is 19.2 Å². The number of nitrogens with zero attached hydrogens (tertiary/aromatic N) is 2. The summed E-state index contributed by atoms with van der Waals surface area (Å²) in [6.07, 6.45) is 0.346. The number of halogens is 1. The summed E-state index contributed by atoms with van der Waals surface area (Å²) in [4.78, 5) is 24.6. The normalized spacial score (nSPS) is 12.4. The number of amides is 1. The van der Waals surface area contributed by atoms with Crippen molar-refractivity contribution >= 4 is 23.6 Å². The number of nitrogens with one attached hydrogen (secondary N) is 1. The van der Waals surface area contributed by atoms with Gasteiger partial charge in [-0.3, -0.25) is 4.79 Å². The van der Waals surface area contributed by atoms with E-state index in [-0.39, 0.29) is 5.57 Å². The zero-order chi connectivity index (χ0) is 22.4. The Bertz CT molecular complexity index is 998. The second-order valence-electron chi connectivity index (χ2n) is 7.54. The maximum absolute atomic E-state index is 13.0. The predicted molar refractivity (Wildman–Crippen MR) is 113 cm³/mol. The fourth-order valence-electron chi connectivity index (χ4n) is 2.97. The quantitative estimate of drug-likeness (QED) is 0.416. The van der Waals surface area contributed by atoms with Gasteiger partial charge in [0.15, 0.2) is 6.10 Å². The molecule has 0 radical (unpaired) electrons. The molecule has 6 nitrogen and oxygen atoms in total. The first-order valence-electron chi connectivity index (χ1n) is 9.68. The van der Waals surface area contributed by atoms with E-state index in [1.807, 2.05) is 26.0 Å². The summed E-state index contributed by atoms with van der Waals surface area (Å²) in [5.41, 5.74) is 2.92. The van der Waals surface area contributed by atoms with Gasteiger partial charge in [-0.1, -0.05) is 13.8 Å². The lowest BCUT2D eigenvalue weighted by Crippen LogP contribution is -2.30. The van der Waals surface area contributed by atoms with Crippen molar-refractivity contribution in [3.05, 3.63) is 58.7 Å². The molecule has 2 rings (SSSR count). The standard InChI is InChI=1S/C23H26FN3O3/c1-14(2)13-27-15(3)10-18(16(27)4)11-19(12-25)23(29)30-17(5)22(28)26-21-8-6-20(24)7-9-21/h6-11,14,17H,13H2,1-5H3,(H,26,28)/b19-11+/t17-/m1/s1. The summed E-state index contributed by atoms with van der Waals surface area (Å²) in [5, 5.41) is 12.0. The van der Waals surface area contributed by atoms with Crippen molar-refractivity contribution in [3.63, 3.8) is 0 Å². The monoisotopic (exact) mass is 411 g/mol. The molecule has 1 aromatic carbocycles. The Morgan fingerprint density at radius 1 is 1.23 bits per heavy atom. The molecule has 0 spiro atoms. The molecule has 7 heteroatoms. The zero-order valence-corrected chi connectivity index (χ0v) is 17.8. The highest BCUT2D eigenvalue weighted by Crippen LogP contribution is 2.20. The van der Waals surface area contributed by atoms with Crippen LogP contribution in [0.25, 0.3) is 6.08 Å². The van der Waals surface area contributed by atoms with Crippen molar-refractivity contribution in [1.82, 2.24) is 4.57 Å². The number of aryl methyl sites for hydroxylation is 1. The van der Waals surface area contributed by atoms with Gasteiger partial charge in [0.1, 0.15) is 17.5 Å². The van der Waals surface area contributed by atoms with Crippen LogP contribution in [0.3, 0.4) is 0 Å². The van der Waals surface area contributed by atoms with Crippen LogP contribution in [-0.2, 0) is 20.9 Å². The number of benzene rings is 1. The van der Waals surface area contributed by atoms with Crippen LogP contribution in [0.1, 0.15) is 37.7 Å². The Kier molecular flexibility index (Phi) is 7.54. The number of carbonyl (C=O) groups is 2. The summed E-state index contributed by atoms with van der Waals surface area (Å²) in [6, 6.07) is 8.97. The molecule has 158 valence electrons. The van der Waals surface area contributed by atoms with Gasteiger partial charge in [-0.15, -0.1) is 0 Å². The first-order valence-corrected chi connectivity index (χ1v) is 9.68. The molecule has 0 saturated heterocycles. The third kappa shape index (κ3) is 5.80. The molecule has 0 saturated carbocycles. The lowest BCUT2D eigenvalue weighted by Gasteiger charge is -2.13. The number of hydrogen-bond donors (Lipinski definition) is 1. The van der Waals surface area contributed by atoms with Crippen molar-refractivity contribution in [2.75, 3.05) is 5.32 Å². The number of nitriles is 1. The van der Waals surface area contributed by atoms with Gasteiger partial charge in [0.2, 0.25) is 0 Å². The van der Waals surface area contributed by atoms with E-state index >= 15 is 0 Å². The molecular formula is C23H26FN3O3. The number of esters is 1. The fourth-order valence-corrected chi connectivity index (χ4v) is 2.97. The maximum atomic E-state index is 13.0. The molecular weight excluding hydrogens is 385 g/mol. The van der Waals surface area contributed by atoms with E-state index in [2.05, 4.69) is 23.7 Å². The van der Waals surface area contributed by atoms with Crippen LogP contribution < -0.4 is 5.32 Å². The summed E-state index contributed by atoms with van der Waals surface area (Å²) >= 11 is 0. The Labute approximate surface area is 176 Å². The predicted octanol–water partition coefficient (Wildman–Crippen LogP) is 4.38. The van der Waals surface area contributed by atoms with E-state index in [1.54, 1.807) is 0 Å². The minimum absolute atomic E-state index is 0.193. The van der Waals surface area contributed by atoms with Crippen molar-refractivity contribution in [3.8, 4) is 6.07 Å². The molecule has 0 fully saturated rings. The van der Waals surface area contributed by atoms with E-state index in [0.717, 1.165) is 23.5 Å². The van der Waals surface area contributed by atoms with Crippen LogP contribution in [-0.4, -0.2) is 22.5 Å². The van der Waals surface area contributed by atoms with Gasteiger partial charge in [0.25, 0.3) is 5.91 Å². The SMILES string of the molecule is Cc1cc(/C=C(\C#N)C(=O)O[C@H](C)C(=O)Nc2ccc(F)cc2)c(C)n1CC(C)C. The van der Waals surface area contributed by atoms with Crippen LogP contribution in [0, 0.1) is 36.9 Å². The molecule has 30 heavy (non-hydrogen) atoms. The van der Waals surface area contributed by atoms with E-state index in [1.165, 1.54) is 37.3 Å². The van der Waals surface area contributed by atoms with Gasteiger partial charge in [0.05, 0.1) is 0 Å². The molecule has 0 aliphatic rings. The van der Waals surface area contributed by atoms with E-state index < -0.39 is 23.8 Å². The van der Waals surface area contributed by atoms with Crippen LogP contribution in [0.4, 0.5) is 10.1 Å². The third-order valence-electron chi connectivity index (χ3n) is 4.57. The van der Waals surface area contributed by atoms with Gasteiger partial charge < -0.3 is 14.6 Å². The number of rotatable bonds is 7. The van der Waals surface area contributed by atoms with Crippen molar-refractivity contribution in [2.24, 2.45) is 5.92 Å². The molecule has 1 N–H and O–H groups in total. The Morgan fingerprint density at radius 2 is 1.87 bits per heavy atom. The molecule has 2 aromatic rings. The number of anilines is 1. The van der Waals surface area contributed by atoms with Crippen LogP contribution >= 0.6 is 0 Å².